The van der Waals surface area contributed by atoms with Crippen molar-refractivity contribution < 1.29 is 14.6 Å². The first-order chi connectivity index (χ1) is 10.0. The molecule has 2 rings (SSSR count). The van der Waals surface area contributed by atoms with E-state index in [1.807, 2.05) is 12.1 Å². The van der Waals surface area contributed by atoms with Crippen LogP contribution in [0.1, 0.15) is 24.8 Å². The third-order valence-corrected chi connectivity index (χ3v) is 4.39. The molecule has 0 unspecified atom stereocenters. The van der Waals surface area contributed by atoms with Gasteiger partial charge in [-0.2, -0.15) is 0 Å². The van der Waals surface area contributed by atoms with E-state index >= 15 is 0 Å². The van der Waals surface area contributed by atoms with Crippen LogP contribution in [-0.2, 0) is 6.54 Å². The van der Waals surface area contributed by atoms with E-state index in [1.54, 1.807) is 14.2 Å². The molecular formula is C16H24ClNO3. The van der Waals surface area contributed by atoms with Gasteiger partial charge in [0.15, 0.2) is 11.5 Å². The number of benzene rings is 1. The first kappa shape index (κ1) is 16.4. The second kappa shape index (κ2) is 7.34. The molecule has 4 nitrogen and oxygen atoms in total. The standard InChI is InChI=1S/C16H24ClNO3/c1-18(10-12-5-4-6-14(12)19)9-11-7-13(17)16(21-3)15(8-11)20-2/h7-8,12,14,19H,4-6,9-10H2,1-3H3/t12-,14-/m1/s1. The number of methoxy groups -OCH3 is 2. The molecule has 0 aliphatic heterocycles. The number of aliphatic hydroxyl groups excluding tert-OH is 1. The fourth-order valence-electron chi connectivity index (χ4n) is 3.07. The van der Waals surface area contributed by atoms with Crippen LogP contribution < -0.4 is 9.47 Å². The summed E-state index contributed by atoms with van der Waals surface area (Å²) >= 11 is 6.23. The number of nitrogens with zero attached hydrogens (tertiary/aromatic N) is 1. The quantitative estimate of drug-likeness (QED) is 0.877. The molecule has 0 aromatic heterocycles. The van der Waals surface area contributed by atoms with E-state index in [2.05, 4.69) is 11.9 Å². The van der Waals surface area contributed by atoms with Crippen LogP contribution in [0.4, 0.5) is 0 Å². The Hall–Kier alpha value is -0.970. The van der Waals surface area contributed by atoms with E-state index in [0.717, 1.165) is 37.9 Å². The smallest absolute Gasteiger partial charge is 0.179 e. The van der Waals surface area contributed by atoms with E-state index in [0.29, 0.717) is 22.4 Å². The van der Waals surface area contributed by atoms with Crippen molar-refractivity contribution in [2.45, 2.75) is 31.9 Å². The summed E-state index contributed by atoms with van der Waals surface area (Å²) in [5.74, 6) is 1.59. The zero-order valence-electron chi connectivity index (χ0n) is 12.9. The lowest BCUT2D eigenvalue weighted by molar-refractivity contribution is 0.108. The van der Waals surface area contributed by atoms with E-state index in [9.17, 15) is 5.11 Å². The predicted molar refractivity (Wildman–Crippen MR) is 84.2 cm³/mol. The molecule has 1 saturated carbocycles. The lowest BCUT2D eigenvalue weighted by Crippen LogP contribution is -2.29. The molecule has 5 heteroatoms. The molecule has 118 valence electrons. The highest BCUT2D eigenvalue weighted by molar-refractivity contribution is 6.32. The summed E-state index contributed by atoms with van der Waals surface area (Å²) in [5.41, 5.74) is 1.08. The summed E-state index contributed by atoms with van der Waals surface area (Å²) in [4.78, 5) is 2.22. The summed E-state index contributed by atoms with van der Waals surface area (Å²) < 4.78 is 10.6. The molecule has 0 bridgehead atoms. The van der Waals surface area contributed by atoms with Gasteiger partial charge in [-0.3, -0.25) is 0 Å². The Bertz CT molecular complexity index is 481. The Kier molecular flexibility index (Phi) is 5.73. The van der Waals surface area contributed by atoms with Crippen molar-refractivity contribution >= 4 is 11.6 Å². The lowest BCUT2D eigenvalue weighted by Gasteiger charge is -2.23. The van der Waals surface area contributed by atoms with E-state index in [-0.39, 0.29) is 6.10 Å². The van der Waals surface area contributed by atoms with Gasteiger partial charge in [0, 0.05) is 13.1 Å². The molecule has 21 heavy (non-hydrogen) atoms. The fraction of sp³-hybridized carbons (Fsp3) is 0.625. The van der Waals surface area contributed by atoms with Crippen molar-refractivity contribution in [2.24, 2.45) is 5.92 Å². The van der Waals surface area contributed by atoms with Crippen LogP contribution in [-0.4, -0.2) is 43.9 Å². The lowest BCUT2D eigenvalue weighted by atomic mass is 10.1. The third-order valence-electron chi connectivity index (χ3n) is 4.11. The van der Waals surface area contributed by atoms with E-state index in [4.69, 9.17) is 21.1 Å². The second-order valence-electron chi connectivity index (χ2n) is 5.77. The number of halogens is 1. The SMILES string of the molecule is COc1cc(CN(C)C[C@H]2CCC[C@H]2O)cc(Cl)c1OC. The van der Waals surface area contributed by atoms with Crippen LogP contribution in [0.15, 0.2) is 12.1 Å². The van der Waals surface area contributed by atoms with Crippen LogP contribution in [0.25, 0.3) is 0 Å². The molecule has 1 fully saturated rings. The summed E-state index contributed by atoms with van der Waals surface area (Å²) in [6.07, 6.45) is 3.02. The van der Waals surface area contributed by atoms with E-state index < -0.39 is 0 Å². The number of aliphatic hydroxyl groups is 1. The molecule has 1 aliphatic carbocycles. The van der Waals surface area contributed by atoms with Crippen molar-refractivity contribution in [3.8, 4) is 11.5 Å². The Morgan fingerprint density at radius 3 is 2.62 bits per heavy atom. The molecule has 1 aromatic carbocycles. The number of hydrogen-bond donors (Lipinski definition) is 1. The largest absolute Gasteiger partial charge is 0.493 e. The normalized spacial score (nSPS) is 21.8. The maximum atomic E-state index is 9.91. The van der Waals surface area contributed by atoms with Crippen LogP contribution >= 0.6 is 11.6 Å². The molecule has 1 N–H and O–H groups in total. The van der Waals surface area contributed by atoms with Crippen LogP contribution in [0.5, 0.6) is 11.5 Å². The zero-order valence-corrected chi connectivity index (χ0v) is 13.7. The van der Waals surface area contributed by atoms with Gasteiger partial charge in [0.2, 0.25) is 0 Å². The average Bonchev–Trinajstić information content (AvgIpc) is 2.83. The third kappa shape index (κ3) is 4.02. The highest BCUT2D eigenvalue weighted by Crippen LogP contribution is 2.36. The van der Waals surface area contributed by atoms with Crippen molar-refractivity contribution in [2.75, 3.05) is 27.8 Å². The molecular weight excluding hydrogens is 290 g/mol. The van der Waals surface area contributed by atoms with Gasteiger partial charge in [0.1, 0.15) is 0 Å². The molecule has 1 aromatic rings. The molecule has 0 saturated heterocycles. The number of ether oxygens (including phenoxy) is 2. The minimum Gasteiger partial charge on any atom is -0.493 e. The van der Waals surface area contributed by atoms with Gasteiger partial charge in [-0.15, -0.1) is 0 Å². The van der Waals surface area contributed by atoms with Gasteiger partial charge in [-0.05, 0) is 43.5 Å². The maximum Gasteiger partial charge on any atom is 0.179 e. The average molecular weight is 314 g/mol. The number of hydrogen-bond acceptors (Lipinski definition) is 4. The minimum absolute atomic E-state index is 0.151. The van der Waals surface area contributed by atoms with Crippen molar-refractivity contribution in [3.05, 3.63) is 22.7 Å². The van der Waals surface area contributed by atoms with Gasteiger partial charge in [0.05, 0.1) is 25.3 Å². The van der Waals surface area contributed by atoms with Crippen LogP contribution in [0.3, 0.4) is 0 Å². The molecule has 0 heterocycles. The predicted octanol–water partition coefficient (Wildman–Crippen LogP) is 2.95. The van der Waals surface area contributed by atoms with Gasteiger partial charge >= 0.3 is 0 Å². The highest BCUT2D eigenvalue weighted by Gasteiger charge is 2.26. The summed E-state index contributed by atoms with van der Waals surface area (Å²) in [5, 5.41) is 10.5. The highest BCUT2D eigenvalue weighted by atomic mass is 35.5. The van der Waals surface area contributed by atoms with Crippen molar-refractivity contribution in [3.63, 3.8) is 0 Å². The Morgan fingerprint density at radius 1 is 1.29 bits per heavy atom. The van der Waals surface area contributed by atoms with Crippen molar-refractivity contribution in [1.82, 2.24) is 4.90 Å². The monoisotopic (exact) mass is 313 g/mol. The topological polar surface area (TPSA) is 41.9 Å². The van der Waals surface area contributed by atoms with Gasteiger partial charge < -0.3 is 19.5 Å². The van der Waals surface area contributed by atoms with E-state index in [1.165, 1.54) is 0 Å². The second-order valence-corrected chi connectivity index (χ2v) is 6.18. The fourth-order valence-corrected chi connectivity index (χ4v) is 3.38. The maximum absolute atomic E-state index is 9.91. The molecule has 0 radical (unpaired) electrons. The van der Waals surface area contributed by atoms with Gasteiger partial charge in [-0.25, -0.2) is 0 Å². The molecule has 0 spiro atoms. The molecule has 0 amide bonds. The summed E-state index contributed by atoms with van der Waals surface area (Å²) in [6.45, 7) is 1.66. The first-order valence-electron chi connectivity index (χ1n) is 7.32. The number of rotatable bonds is 6. The Morgan fingerprint density at radius 2 is 2.05 bits per heavy atom. The van der Waals surface area contributed by atoms with Gasteiger partial charge in [0.25, 0.3) is 0 Å². The molecule has 2 atom stereocenters. The zero-order chi connectivity index (χ0) is 15.4. The van der Waals surface area contributed by atoms with Crippen LogP contribution in [0, 0.1) is 5.92 Å². The Labute approximate surface area is 131 Å². The Balaban J connectivity index is 2.03. The van der Waals surface area contributed by atoms with Crippen LogP contribution in [0.2, 0.25) is 5.02 Å². The minimum atomic E-state index is -0.151. The first-order valence-corrected chi connectivity index (χ1v) is 7.70. The molecule has 1 aliphatic rings. The summed E-state index contributed by atoms with van der Waals surface area (Å²) in [7, 11) is 5.25. The summed E-state index contributed by atoms with van der Waals surface area (Å²) in [6, 6.07) is 3.86. The van der Waals surface area contributed by atoms with Crippen molar-refractivity contribution in [1.29, 1.82) is 0 Å². The van der Waals surface area contributed by atoms with Gasteiger partial charge in [-0.1, -0.05) is 18.0 Å².